The molecule has 2 N–H and O–H groups in total. The molecule has 1 unspecified atom stereocenters. The molecule has 2 aliphatic rings. The number of anilines is 2. The van der Waals surface area contributed by atoms with Crippen molar-refractivity contribution in [2.75, 3.05) is 23.3 Å². The topological polar surface area (TPSA) is 78.5 Å². The van der Waals surface area contributed by atoms with E-state index >= 15 is 8.78 Å². The van der Waals surface area contributed by atoms with Crippen molar-refractivity contribution in [1.82, 2.24) is 5.32 Å². The summed E-state index contributed by atoms with van der Waals surface area (Å²) in [6.07, 6.45) is 4.37. The number of nitrogens with zero attached hydrogens (tertiary/aromatic N) is 1. The summed E-state index contributed by atoms with van der Waals surface area (Å²) in [7, 11) is 0. The van der Waals surface area contributed by atoms with Gasteiger partial charge in [0.2, 0.25) is 5.91 Å². The minimum Gasteiger partial charge on any atom is -0.359 e. The van der Waals surface area contributed by atoms with Gasteiger partial charge in [0.1, 0.15) is 5.94 Å². The summed E-state index contributed by atoms with van der Waals surface area (Å²) in [5.41, 5.74) is 2.26. The van der Waals surface area contributed by atoms with Crippen LogP contribution in [0, 0.1) is 0 Å². The molecule has 0 aromatic heterocycles. The van der Waals surface area contributed by atoms with E-state index in [1.165, 1.54) is 0 Å². The summed E-state index contributed by atoms with van der Waals surface area (Å²) in [6.45, 7) is 2.13. The van der Waals surface area contributed by atoms with Crippen molar-refractivity contribution in [2.45, 2.75) is 31.7 Å². The molecule has 0 saturated heterocycles. The third-order valence-electron chi connectivity index (χ3n) is 7.45. The van der Waals surface area contributed by atoms with Gasteiger partial charge in [-0.2, -0.15) is 0 Å². The Kier molecular flexibility index (Phi) is 8.79. The highest BCUT2D eigenvalue weighted by Crippen LogP contribution is 2.45. The lowest BCUT2D eigenvalue weighted by Crippen LogP contribution is -2.39. The summed E-state index contributed by atoms with van der Waals surface area (Å²) in [6, 6.07) is 23.8. The Morgan fingerprint density at radius 2 is 1.67 bits per heavy atom. The van der Waals surface area contributed by atoms with E-state index in [0.717, 1.165) is 6.08 Å². The van der Waals surface area contributed by atoms with Gasteiger partial charge in [0.25, 0.3) is 11.8 Å². The number of fused-ring (bicyclic) bond motifs is 1. The number of alkyl halides is 2. The van der Waals surface area contributed by atoms with Crippen molar-refractivity contribution in [3.63, 3.8) is 0 Å². The van der Waals surface area contributed by atoms with Crippen molar-refractivity contribution in [3.8, 4) is 0 Å². The average molecular weight is 580 g/mol. The number of allylic oxidation sites excluding steroid dienone is 1. The highest BCUT2D eigenvalue weighted by Gasteiger charge is 2.42. The first kappa shape index (κ1) is 29.4. The van der Waals surface area contributed by atoms with Crippen LogP contribution in [0.1, 0.15) is 30.9 Å². The third kappa shape index (κ3) is 6.25. The number of amides is 2. The van der Waals surface area contributed by atoms with E-state index in [-0.39, 0.29) is 28.8 Å². The van der Waals surface area contributed by atoms with Crippen LogP contribution in [0.3, 0.4) is 0 Å². The maximum atomic E-state index is 15.7. The van der Waals surface area contributed by atoms with Gasteiger partial charge < -0.3 is 15.5 Å². The number of nitrogens with one attached hydrogen (secondary N) is 2. The molecule has 0 fully saturated rings. The van der Waals surface area contributed by atoms with Crippen LogP contribution in [0.2, 0.25) is 0 Å². The number of rotatable bonds is 7. The van der Waals surface area contributed by atoms with E-state index < -0.39 is 30.2 Å². The lowest BCUT2D eigenvalue weighted by Gasteiger charge is -2.35. The van der Waals surface area contributed by atoms with Crippen molar-refractivity contribution in [2.24, 2.45) is 0 Å². The first-order chi connectivity index (χ1) is 20.8. The standard InChI is InChI=1S/C35H31F2N3O3/c1-2-20-38-32(42)22-29-26-15-9-10-16-30(26)40(21-19-35(29,36)37)31-18-17-27(34(43)39-25-13-7-4-8-14-25)33(28(31)23-41)24-11-5-3-6-12-24/h3-18,22,31H,2,19-21H2,1H3,(H,38,42)(H,39,43). The van der Waals surface area contributed by atoms with Gasteiger partial charge in [-0.15, -0.1) is 0 Å². The number of carbonyl (C=O) groups is 2. The number of hydrogen-bond donors (Lipinski definition) is 2. The summed E-state index contributed by atoms with van der Waals surface area (Å²) in [5, 5.41) is 5.52. The van der Waals surface area contributed by atoms with Crippen molar-refractivity contribution in [3.05, 3.63) is 125 Å². The van der Waals surface area contributed by atoms with E-state index in [1.807, 2.05) is 19.1 Å². The van der Waals surface area contributed by atoms with E-state index in [9.17, 15) is 14.4 Å². The highest BCUT2D eigenvalue weighted by atomic mass is 19.3. The summed E-state index contributed by atoms with van der Waals surface area (Å²) in [4.78, 5) is 40.6. The van der Waals surface area contributed by atoms with Gasteiger partial charge in [-0.25, -0.2) is 13.6 Å². The molecule has 1 aliphatic heterocycles. The quantitative estimate of drug-likeness (QED) is 0.257. The minimum atomic E-state index is -3.31. The molecule has 43 heavy (non-hydrogen) atoms. The van der Waals surface area contributed by atoms with Crippen LogP contribution in [0.25, 0.3) is 11.1 Å². The molecule has 1 aliphatic carbocycles. The molecule has 8 heteroatoms. The first-order valence-electron chi connectivity index (χ1n) is 14.2. The summed E-state index contributed by atoms with van der Waals surface area (Å²) >= 11 is 0. The Hall–Kier alpha value is -5.07. The van der Waals surface area contributed by atoms with Gasteiger partial charge in [0.15, 0.2) is 0 Å². The van der Waals surface area contributed by atoms with E-state index in [1.54, 1.807) is 89.8 Å². The van der Waals surface area contributed by atoms with Gasteiger partial charge in [-0.1, -0.05) is 85.8 Å². The molecule has 218 valence electrons. The molecule has 1 atom stereocenters. The third-order valence-corrected chi connectivity index (χ3v) is 7.45. The van der Waals surface area contributed by atoms with Crippen LogP contribution in [0.5, 0.6) is 0 Å². The fraction of sp³-hybridized carbons (Fsp3) is 0.200. The average Bonchev–Trinajstić information content (AvgIpc) is 3.13. The van der Waals surface area contributed by atoms with E-state index in [2.05, 4.69) is 16.6 Å². The van der Waals surface area contributed by atoms with Crippen LogP contribution in [0.15, 0.2) is 114 Å². The van der Waals surface area contributed by atoms with Crippen LogP contribution in [0.4, 0.5) is 20.2 Å². The number of benzene rings is 3. The molecule has 0 saturated carbocycles. The fourth-order valence-electron chi connectivity index (χ4n) is 5.42. The Labute approximate surface area is 249 Å². The second-order valence-corrected chi connectivity index (χ2v) is 10.3. The Morgan fingerprint density at radius 1 is 1.00 bits per heavy atom. The molecular formula is C35H31F2N3O3. The van der Waals surface area contributed by atoms with Crippen molar-refractivity contribution in [1.29, 1.82) is 0 Å². The highest BCUT2D eigenvalue weighted by molar-refractivity contribution is 6.15. The van der Waals surface area contributed by atoms with Crippen molar-refractivity contribution < 1.29 is 23.2 Å². The van der Waals surface area contributed by atoms with Crippen LogP contribution >= 0.6 is 0 Å². The smallest absolute Gasteiger partial charge is 0.275 e. The fourth-order valence-corrected chi connectivity index (χ4v) is 5.42. The maximum Gasteiger partial charge on any atom is 0.275 e. The molecule has 6 nitrogen and oxygen atoms in total. The number of para-hydroxylation sites is 2. The predicted molar refractivity (Wildman–Crippen MR) is 165 cm³/mol. The molecule has 3 aromatic carbocycles. The predicted octanol–water partition coefficient (Wildman–Crippen LogP) is 6.23. The van der Waals surface area contributed by atoms with Gasteiger partial charge in [0, 0.05) is 59.2 Å². The maximum absolute atomic E-state index is 15.7. The number of halogens is 2. The van der Waals surface area contributed by atoms with Gasteiger partial charge in [-0.05, 0) is 30.2 Å². The molecule has 2 amide bonds. The molecule has 0 radical (unpaired) electrons. The Morgan fingerprint density at radius 3 is 2.37 bits per heavy atom. The SMILES string of the molecule is CCCNC(=O)C=C1c2ccccc2N(C2C=CC(C(=O)Nc3ccccc3)=C(c3ccccc3)C2=C=O)CCC1(F)F. The first-order valence-corrected chi connectivity index (χ1v) is 14.2. The van der Waals surface area contributed by atoms with Gasteiger partial charge in [-0.3, -0.25) is 9.59 Å². The molecule has 0 bridgehead atoms. The second-order valence-electron chi connectivity index (χ2n) is 10.3. The van der Waals surface area contributed by atoms with Crippen LogP contribution in [-0.2, 0) is 14.4 Å². The second kappa shape index (κ2) is 12.8. The summed E-state index contributed by atoms with van der Waals surface area (Å²) in [5.74, 6) is -2.26. The molecule has 1 heterocycles. The molecule has 3 aromatic rings. The largest absolute Gasteiger partial charge is 0.359 e. The number of carbonyl (C=O) groups excluding carboxylic acids is 3. The zero-order chi connectivity index (χ0) is 30.4. The van der Waals surface area contributed by atoms with Crippen LogP contribution < -0.4 is 15.5 Å². The molecular weight excluding hydrogens is 548 g/mol. The Bertz CT molecular complexity index is 1660. The lowest BCUT2D eigenvalue weighted by molar-refractivity contribution is -0.116. The normalized spacial score (nSPS) is 18.5. The van der Waals surface area contributed by atoms with E-state index in [4.69, 9.17) is 0 Å². The van der Waals surface area contributed by atoms with Gasteiger partial charge in [0.05, 0.1) is 11.6 Å². The summed E-state index contributed by atoms with van der Waals surface area (Å²) < 4.78 is 31.4. The van der Waals surface area contributed by atoms with Crippen LogP contribution in [-0.4, -0.2) is 42.8 Å². The molecule has 0 spiro atoms. The number of hydrogen-bond acceptors (Lipinski definition) is 4. The molecule has 5 rings (SSSR count). The Balaban J connectivity index is 1.60. The van der Waals surface area contributed by atoms with Gasteiger partial charge >= 0.3 is 0 Å². The zero-order valence-electron chi connectivity index (χ0n) is 23.6. The minimum absolute atomic E-state index is 0.119. The van der Waals surface area contributed by atoms with Crippen molar-refractivity contribution >= 4 is 40.3 Å². The monoisotopic (exact) mass is 579 g/mol. The zero-order valence-corrected chi connectivity index (χ0v) is 23.6. The lowest BCUT2D eigenvalue weighted by atomic mass is 9.84. The van der Waals surface area contributed by atoms with E-state index in [0.29, 0.717) is 35.5 Å².